The van der Waals surface area contributed by atoms with E-state index >= 15 is 0 Å². The first-order valence-electron chi connectivity index (χ1n) is 5.76. The summed E-state index contributed by atoms with van der Waals surface area (Å²) in [5.41, 5.74) is 8.35. The van der Waals surface area contributed by atoms with Crippen molar-refractivity contribution in [3.8, 4) is 0 Å². The number of hydrogen-bond acceptors (Lipinski definition) is 1. The lowest BCUT2D eigenvalue weighted by molar-refractivity contribution is 1.08. The highest BCUT2D eigenvalue weighted by molar-refractivity contribution is 9.09. The Labute approximate surface area is 116 Å². The van der Waals surface area contributed by atoms with Crippen molar-refractivity contribution < 1.29 is 0 Å². The molecule has 1 aromatic carbocycles. The van der Waals surface area contributed by atoms with Crippen LogP contribution in [-0.4, -0.2) is 0 Å². The standard InChI is InChI=1S/C15H17BrS/c1-9-7-10(2)12(4)14(11(9)3)15(16)13-5-6-17-8-13/h5-8,15H,1-4H3. The largest absolute Gasteiger partial charge is 0.152 e. The average molecular weight is 309 g/mol. The lowest BCUT2D eigenvalue weighted by Crippen LogP contribution is -2.02. The first-order valence-corrected chi connectivity index (χ1v) is 7.61. The van der Waals surface area contributed by atoms with Crippen molar-refractivity contribution in [2.45, 2.75) is 32.5 Å². The highest BCUT2D eigenvalue weighted by Crippen LogP contribution is 2.37. The van der Waals surface area contributed by atoms with Gasteiger partial charge in [0.25, 0.3) is 0 Å². The van der Waals surface area contributed by atoms with Gasteiger partial charge in [-0.15, -0.1) is 0 Å². The molecule has 2 heteroatoms. The highest BCUT2D eigenvalue weighted by atomic mass is 79.9. The Morgan fingerprint density at radius 2 is 1.65 bits per heavy atom. The first kappa shape index (κ1) is 12.8. The van der Waals surface area contributed by atoms with Crippen LogP contribution in [0.15, 0.2) is 22.9 Å². The molecule has 0 bridgehead atoms. The van der Waals surface area contributed by atoms with Crippen LogP contribution in [0.4, 0.5) is 0 Å². The molecule has 0 fully saturated rings. The van der Waals surface area contributed by atoms with Gasteiger partial charge in [0.1, 0.15) is 0 Å². The Hall–Kier alpha value is -0.600. The molecule has 0 N–H and O–H groups in total. The molecule has 0 saturated heterocycles. The molecule has 1 heterocycles. The van der Waals surface area contributed by atoms with Crippen molar-refractivity contribution in [2.75, 3.05) is 0 Å². The van der Waals surface area contributed by atoms with Gasteiger partial charge in [0.15, 0.2) is 0 Å². The van der Waals surface area contributed by atoms with Crippen molar-refractivity contribution in [3.05, 3.63) is 56.3 Å². The van der Waals surface area contributed by atoms with E-state index in [0.29, 0.717) is 4.83 Å². The van der Waals surface area contributed by atoms with Crippen LogP contribution in [0.5, 0.6) is 0 Å². The topological polar surface area (TPSA) is 0 Å². The van der Waals surface area contributed by atoms with E-state index in [-0.39, 0.29) is 0 Å². The molecule has 2 aromatic rings. The Balaban J connectivity index is 2.59. The Morgan fingerprint density at radius 1 is 1.06 bits per heavy atom. The van der Waals surface area contributed by atoms with E-state index in [9.17, 15) is 0 Å². The predicted octanol–water partition coefficient (Wildman–Crippen LogP) is 5.47. The zero-order chi connectivity index (χ0) is 12.6. The predicted molar refractivity (Wildman–Crippen MR) is 80.5 cm³/mol. The van der Waals surface area contributed by atoms with Gasteiger partial charge in [0.05, 0.1) is 4.83 Å². The van der Waals surface area contributed by atoms with E-state index in [1.165, 1.54) is 33.4 Å². The summed E-state index contributed by atoms with van der Waals surface area (Å²) in [4.78, 5) is 0.312. The van der Waals surface area contributed by atoms with Crippen molar-refractivity contribution in [2.24, 2.45) is 0 Å². The minimum atomic E-state index is 0.312. The van der Waals surface area contributed by atoms with E-state index < -0.39 is 0 Å². The third kappa shape index (κ3) is 2.34. The SMILES string of the molecule is Cc1cc(C)c(C)c(C(Br)c2ccsc2)c1C. The molecule has 17 heavy (non-hydrogen) atoms. The molecule has 0 saturated carbocycles. The Morgan fingerprint density at radius 3 is 2.12 bits per heavy atom. The molecule has 0 aliphatic heterocycles. The highest BCUT2D eigenvalue weighted by Gasteiger charge is 2.17. The fourth-order valence-corrected chi connectivity index (χ4v) is 4.05. The van der Waals surface area contributed by atoms with Gasteiger partial charge >= 0.3 is 0 Å². The molecule has 90 valence electrons. The quantitative estimate of drug-likeness (QED) is 0.646. The zero-order valence-corrected chi connectivity index (χ0v) is 13.1. The lowest BCUT2D eigenvalue weighted by Gasteiger charge is -2.19. The first-order chi connectivity index (χ1) is 8.02. The van der Waals surface area contributed by atoms with E-state index in [1.54, 1.807) is 11.3 Å². The fraction of sp³-hybridized carbons (Fsp3) is 0.333. The van der Waals surface area contributed by atoms with Crippen LogP contribution in [0.1, 0.15) is 38.2 Å². The van der Waals surface area contributed by atoms with Crippen molar-refractivity contribution in [1.29, 1.82) is 0 Å². The second-order valence-corrected chi connectivity index (χ2v) is 6.29. The van der Waals surface area contributed by atoms with Crippen LogP contribution in [-0.2, 0) is 0 Å². The molecule has 0 amide bonds. The number of alkyl halides is 1. The average Bonchev–Trinajstić information content (AvgIpc) is 2.80. The second kappa shape index (κ2) is 4.95. The van der Waals surface area contributed by atoms with Crippen LogP contribution < -0.4 is 0 Å². The van der Waals surface area contributed by atoms with Crippen LogP contribution in [0.2, 0.25) is 0 Å². The maximum atomic E-state index is 3.85. The summed E-state index contributed by atoms with van der Waals surface area (Å²) in [5, 5.41) is 4.35. The van der Waals surface area contributed by atoms with Gasteiger partial charge in [-0.1, -0.05) is 22.0 Å². The van der Waals surface area contributed by atoms with Crippen molar-refractivity contribution in [1.82, 2.24) is 0 Å². The van der Waals surface area contributed by atoms with Gasteiger partial charge in [0.2, 0.25) is 0 Å². The smallest absolute Gasteiger partial charge is 0.0657 e. The number of aryl methyl sites for hydroxylation is 2. The zero-order valence-electron chi connectivity index (χ0n) is 10.7. The normalized spacial score (nSPS) is 12.8. The Kier molecular flexibility index (Phi) is 3.74. The molecule has 0 aliphatic carbocycles. The summed E-state index contributed by atoms with van der Waals surface area (Å²) in [6.07, 6.45) is 0. The number of rotatable bonds is 2. The van der Waals surface area contributed by atoms with Crippen molar-refractivity contribution >= 4 is 27.3 Å². The van der Waals surface area contributed by atoms with Crippen LogP contribution in [0.3, 0.4) is 0 Å². The minimum absolute atomic E-state index is 0.312. The molecule has 0 aliphatic rings. The molecule has 1 unspecified atom stereocenters. The summed E-state index contributed by atoms with van der Waals surface area (Å²) in [7, 11) is 0. The van der Waals surface area contributed by atoms with Crippen LogP contribution in [0, 0.1) is 27.7 Å². The lowest BCUT2D eigenvalue weighted by atomic mass is 9.91. The summed E-state index contributed by atoms with van der Waals surface area (Å²) < 4.78 is 0. The molecule has 1 aromatic heterocycles. The monoisotopic (exact) mass is 308 g/mol. The number of halogens is 1. The van der Waals surface area contributed by atoms with Gasteiger partial charge < -0.3 is 0 Å². The van der Waals surface area contributed by atoms with E-state index in [2.05, 4.69) is 66.5 Å². The van der Waals surface area contributed by atoms with Gasteiger partial charge in [-0.3, -0.25) is 0 Å². The number of benzene rings is 1. The third-order valence-electron chi connectivity index (χ3n) is 3.51. The third-order valence-corrected chi connectivity index (χ3v) is 5.20. The van der Waals surface area contributed by atoms with Crippen molar-refractivity contribution in [3.63, 3.8) is 0 Å². The van der Waals surface area contributed by atoms with Gasteiger partial charge in [-0.2, -0.15) is 11.3 Å². The molecule has 0 nitrogen and oxygen atoms in total. The summed E-state index contributed by atoms with van der Waals surface area (Å²) in [5.74, 6) is 0. The molecule has 0 radical (unpaired) electrons. The maximum Gasteiger partial charge on any atom is 0.0657 e. The molecular formula is C15H17BrS. The number of hydrogen-bond donors (Lipinski definition) is 0. The Bertz CT molecular complexity index is 500. The van der Waals surface area contributed by atoms with Crippen LogP contribution >= 0.6 is 27.3 Å². The van der Waals surface area contributed by atoms with E-state index in [4.69, 9.17) is 0 Å². The second-order valence-electron chi connectivity index (χ2n) is 4.59. The van der Waals surface area contributed by atoms with E-state index in [1.807, 2.05) is 0 Å². The van der Waals surface area contributed by atoms with Gasteiger partial charge in [-0.05, 0) is 77.9 Å². The molecule has 2 rings (SSSR count). The van der Waals surface area contributed by atoms with Gasteiger partial charge in [0, 0.05) is 0 Å². The van der Waals surface area contributed by atoms with Gasteiger partial charge in [-0.25, -0.2) is 0 Å². The minimum Gasteiger partial charge on any atom is -0.152 e. The summed E-state index contributed by atoms with van der Waals surface area (Å²) >= 11 is 5.60. The molecule has 0 spiro atoms. The summed E-state index contributed by atoms with van der Waals surface area (Å²) in [6.45, 7) is 8.83. The summed E-state index contributed by atoms with van der Waals surface area (Å²) in [6, 6.07) is 4.47. The van der Waals surface area contributed by atoms with Crippen LogP contribution in [0.25, 0.3) is 0 Å². The number of thiophene rings is 1. The molecule has 1 atom stereocenters. The fourth-order valence-electron chi connectivity index (χ4n) is 2.21. The van der Waals surface area contributed by atoms with E-state index in [0.717, 1.165) is 0 Å². The molecular weight excluding hydrogens is 292 g/mol. The maximum absolute atomic E-state index is 3.85.